The van der Waals surface area contributed by atoms with Crippen LogP contribution in [0.15, 0.2) is 24.3 Å². The largest absolute Gasteiger partial charge is 0.480 e. The minimum Gasteiger partial charge on any atom is -0.480 e. The van der Waals surface area contributed by atoms with Crippen LogP contribution in [-0.4, -0.2) is 36.9 Å². The third kappa shape index (κ3) is 2.14. The van der Waals surface area contributed by atoms with E-state index in [-0.39, 0.29) is 12.6 Å². The molecule has 86 valence electrons. The summed E-state index contributed by atoms with van der Waals surface area (Å²) in [7, 11) is 0. The van der Waals surface area contributed by atoms with E-state index in [1.165, 1.54) is 11.0 Å². The van der Waals surface area contributed by atoms with E-state index in [2.05, 4.69) is 0 Å². The summed E-state index contributed by atoms with van der Waals surface area (Å²) in [5.74, 6) is -1.38. The molecular weight excluding hydrogens is 213 g/mol. The van der Waals surface area contributed by atoms with Gasteiger partial charge in [-0.15, -0.1) is 0 Å². The third-order valence-corrected chi connectivity index (χ3v) is 2.53. The molecule has 1 saturated heterocycles. The average molecular weight is 225 g/mol. The minimum absolute atomic E-state index is 0.0481. The Morgan fingerprint density at radius 1 is 1.50 bits per heavy atom. The van der Waals surface area contributed by atoms with Crippen molar-refractivity contribution in [1.82, 2.24) is 0 Å². The number of nitrogens with zero attached hydrogens (tertiary/aromatic N) is 1. The van der Waals surface area contributed by atoms with E-state index < -0.39 is 11.8 Å². The van der Waals surface area contributed by atoms with Crippen molar-refractivity contribution in [2.45, 2.75) is 6.04 Å². The first-order chi connectivity index (χ1) is 7.68. The number of para-hydroxylation sites is 1. The lowest BCUT2D eigenvalue weighted by molar-refractivity contribution is -0.135. The molecular formula is C11H12FNO3. The Morgan fingerprint density at radius 3 is 2.69 bits per heavy atom. The molecule has 0 amide bonds. The number of halogens is 1. The number of ether oxygens (including phenoxy) is 1. The first-order valence-electron chi connectivity index (χ1n) is 4.99. The van der Waals surface area contributed by atoms with Crippen molar-refractivity contribution >= 4 is 11.7 Å². The number of rotatable bonds is 4. The van der Waals surface area contributed by atoms with Gasteiger partial charge in [0.1, 0.15) is 12.4 Å². The van der Waals surface area contributed by atoms with Crippen LogP contribution < -0.4 is 4.90 Å². The van der Waals surface area contributed by atoms with Crippen molar-refractivity contribution in [2.75, 3.05) is 24.7 Å². The van der Waals surface area contributed by atoms with Gasteiger partial charge in [0.05, 0.1) is 24.9 Å². The van der Waals surface area contributed by atoms with Crippen molar-refractivity contribution in [1.29, 1.82) is 0 Å². The lowest BCUT2D eigenvalue weighted by Gasteiger charge is -2.37. The number of carbonyl (C=O) groups is 1. The van der Waals surface area contributed by atoms with E-state index >= 15 is 0 Å². The SMILES string of the molecule is O=C(O)CN(c1ccccc1F)C1COC1. The fourth-order valence-electron chi connectivity index (χ4n) is 1.64. The summed E-state index contributed by atoms with van der Waals surface area (Å²) in [5, 5.41) is 8.80. The maximum absolute atomic E-state index is 13.5. The Bertz CT molecular complexity index is 393. The van der Waals surface area contributed by atoms with Gasteiger partial charge in [-0.3, -0.25) is 4.79 Å². The van der Waals surface area contributed by atoms with E-state index in [1.807, 2.05) is 0 Å². The number of anilines is 1. The predicted octanol–water partition coefficient (Wildman–Crippen LogP) is 1.12. The molecule has 0 radical (unpaired) electrons. The van der Waals surface area contributed by atoms with E-state index in [4.69, 9.17) is 9.84 Å². The van der Waals surface area contributed by atoms with Gasteiger partial charge in [-0.05, 0) is 12.1 Å². The van der Waals surface area contributed by atoms with Crippen LogP contribution in [0.5, 0.6) is 0 Å². The smallest absolute Gasteiger partial charge is 0.323 e. The fourth-order valence-corrected chi connectivity index (χ4v) is 1.64. The average Bonchev–Trinajstić information content (AvgIpc) is 2.14. The molecule has 5 heteroatoms. The molecule has 0 aromatic heterocycles. The predicted molar refractivity (Wildman–Crippen MR) is 56.0 cm³/mol. The van der Waals surface area contributed by atoms with Gasteiger partial charge >= 0.3 is 5.97 Å². The number of aliphatic carboxylic acids is 1. The lowest BCUT2D eigenvalue weighted by atomic mass is 10.1. The molecule has 0 unspecified atom stereocenters. The van der Waals surface area contributed by atoms with Crippen molar-refractivity contribution in [2.24, 2.45) is 0 Å². The van der Waals surface area contributed by atoms with Crippen molar-refractivity contribution in [3.05, 3.63) is 30.1 Å². The third-order valence-electron chi connectivity index (χ3n) is 2.53. The summed E-state index contributed by atoms with van der Waals surface area (Å²) in [5.41, 5.74) is 0.318. The second kappa shape index (κ2) is 4.49. The first kappa shape index (κ1) is 10.9. The Kier molecular flexibility index (Phi) is 3.05. The monoisotopic (exact) mass is 225 g/mol. The van der Waals surface area contributed by atoms with Crippen molar-refractivity contribution in [3.63, 3.8) is 0 Å². The molecule has 1 aromatic carbocycles. The number of hydrogen-bond acceptors (Lipinski definition) is 3. The quantitative estimate of drug-likeness (QED) is 0.834. The highest BCUT2D eigenvalue weighted by molar-refractivity contribution is 5.74. The molecule has 1 aromatic rings. The van der Waals surface area contributed by atoms with Crippen molar-refractivity contribution in [3.8, 4) is 0 Å². The summed E-state index contributed by atoms with van der Waals surface area (Å²) in [6.07, 6.45) is 0. The zero-order valence-corrected chi connectivity index (χ0v) is 8.60. The van der Waals surface area contributed by atoms with Crippen LogP contribution >= 0.6 is 0 Å². The Balaban J connectivity index is 2.23. The summed E-state index contributed by atoms with van der Waals surface area (Å²) in [6.45, 7) is 0.679. The highest BCUT2D eigenvalue weighted by atomic mass is 19.1. The maximum Gasteiger partial charge on any atom is 0.323 e. The molecule has 2 rings (SSSR count). The molecule has 0 spiro atoms. The van der Waals surface area contributed by atoms with E-state index in [1.54, 1.807) is 18.2 Å². The molecule has 0 aliphatic carbocycles. The van der Waals surface area contributed by atoms with Gasteiger partial charge in [0.25, 0.3) is 0 Å². The van der Waals surface area contributed by atoms with Crippen LogP contribution in [0, 0.1) is 5.82 Å². The Morgan fingerprint density at radius 2 is 2.19 bits per heavy atom. The topological polar surface area (TPSA) is 49.8 Å². The molecule has 4 nitrogen and oxygen atoms in total. The van der Waals surface area contributed by atoms with Crippen LogP contribution in [0.4, 0.5) is 10.1 Å². The van der Waals surface area contributed by atoms with Gasteiger partial charge in [0, 0.05) is 0 Å². The molecule has 16 heavy (non-hydrogen) atoms. The zero-order chi connectivity index (χ0) is 11.5. The molecule has 1 N–H and O–H groups in total. The van der Waals surface area contributed by atoms with Crippen LogP contribution in [0.25, 0.3) is 0 Å². The number of carboxylic acid groups (broad SMARTS) is 1. The number of benzene rings is 1. The summed E-state index contributed by atoms with van der Waals surface area (Å²) >= 11 is 0. The second-order valence-electron chi connectivity index (χ2n) is 3.66. The van der Waals surface area contributed by atoms with Gasteiger partial charge in [-0.1, -0.05) is 12.1 Å². The second-order valence-corrected chi connectivity index (χ2v) is 3.66. The van der Waals surface area contributed by atoms with Gasteiger partial charge in [0.2, 0.25) is 0 Å². The van der Waals surface area contributed by atoms with Crippen molar-refractivity contribution < 1.29 is 19.0 Å². The Labute approximate surface area is 92.2 Å². The van der Waals surface area contributed by atoms with Gasteiger partial charge in [-0.2, -0.15) is 0 Å². The van der Waals surface area contributed by atoms with Crippen LogP contribution in [0.3, 0.4) is 0 Å². The standard InChI is InChI=1S/C11H12FNO3/c12-9-3-1-2-4-10(9)13(5-11(14)15)8-6-16-7-8/h1-4,8H,5-7H2,(H,14,15). The molecule has 1 heterocycles. The van der Waals surface area contributed by atoms with Crippen LogP contribution in [-0.2, 0) is 9.53 Å². The van der Waals surface area contributed by atoms with Crippen LogP contribution in [0.1, 0.15) is 0 Å². The lowest BCUT2D eigenvalue weighted by Crippen LogP contribution is -2.51. The summed E-state index contributed by atoms with van der Waals surface area (Å²) in [4.78, 5) is 12.3. The summed E-state index contributed by atoms with van der Waals surface area (Å²) in [6, 6.07) is 6.12. The Hall–Kier alpha value is -1.62. The normalized spacial score (nSPS) is 15.6. The molecule has 1 aliphatic heterocycles. The molecule has 0 atom stereocenters. The highest BCUT2D eigenvalue weighted by Crippen LogP contribution is 2.23. The molecule has 0 saturated carbocycles. The molecule has 1 fully saturated rings. The van der Waals surface area contributed by atoms with Gasteiger partial charge in [0.15, 0.2) is 0 Å². The molecule has 0 bridgehead atoms. The number of hydrogen-bond donors (Lipinski definition) is 1. The van der Waals surface area contributed by atoms with Gasteiger partial charge in [-0.25, -0.2) is 4.39 Å². The van der Waals surface area contributed by atoms with E-state index in [9.17, 15) is 9.18 Å². The van der Waals surface area contributed by atoms with E-state index in [0.29, 0.717) is 18.9 Å². The minimum atomic E-state index is -0.977. The maximum atomic E-state index is 13.5. The van der Waals surface area contributed by atoms with Crippen LogP contribution in [0.2, 0.25) is 0 Å². The zero-order valence-electron chi connectivity index (χ0n) is 8.60. The summed E-state index contributed by atoms with van der Waals surface area (Å²) < 4.78 is 18.5. The molecule has 1 aliphatic rings. The first-order valence-corrected chi connectivity index (χ1v) is 4.99. The number of carboxylic acids is 1. The highest BCUT2D eigenvalue weighted by Gasteiger charge is 2.29. The fraction of sp³-hybridized carbons (Fsp3) is 0.364. The van der Waals surface area contributed by atoms with E-state index in [0.717, 1.165) is 0 Å². The van der Waals surface area contributed by atoms with Gasteiger partial charge < -0.3 is 14.7 Å².